The quantitative estimate of drug-likeness (QED) is 0.181. The number of carbonyl (C=O) groups is 1. The molecule has 0 saturated heterocycles. The molecular weight excluding hydrogens is 366 g/mol. The SMILES string of the molecule is CCC(C)(N)CCCCCCN=C(N)NC(Cc1cnc[nH]1)C(=O)C(C)(N)CC. The van der Waals surface area contributed by atoms with Gasteiger partial charge in [-0.25, -0.2) is 4.98 Å². The number of rotatable bonds is 14. The van der Waals surface area contributed by atoms with Crippen LogP contribution in [0.1, 0.15) is 78.3 Å². The van der Waals surface area contributed by atoms with Crippen LogP contribution >= 0.6 is 0 Å². The summed E-state index contributed by atoms with van der Waals surface area (Å²) in [6.07, 6.45) is 10.6. The first-order chi connectivity index (χ1) is 13.6. The van der Waals surface area contributed by atoms with Gasteiger partial charge in [-0.2, -0.15) is 0 Å². The summed E-state index contributed by atoms with van der Waals surface area (Å²) in [6.45, 7) is 8.51. The van der Waals surface area contributed by atoms with Crippen LogP contribution in [-0.2, 0) is 11.2 Å². The Hall–Kier alpha value is -1.93. The van der Waals surface area contributed by atoms with E-state index in [2.05, 4.69) is 34.1 Å². The smallest absolute Gasteiger partial charge is 0.189 e. The second-order valence-corrected chi connectivity index (χ2v) is 8.55. The maximum absolute atomic E-state index is 12.9. The van der Waals surface area contributed by atoms with Gasteiger partial charge in [0, 0.05) is 30.4 Å². The molecule has 8 heteroatoms. The van der Waals surface area contributed by atoms with Crippen LogP contribution in [-0.4, -0.2) is 45.4 Å². The summed E-state index contributed by atoms with van der Waals surface area (Å²) in [5, 5.41) is 3.06. The fourth-order valence-corrected chi connectivity index (χ4v) is 2.99. The summed E-state index contributed by atoms with van der Waals surface area (Å²) in [4.78, 5) is 24.3. The van der Waals surface area contributed by atoms with Crippen LogP contribution in [0.5, 0.6) is 0 Å². The van der Waals surface area contributed by atoms with Gasteiger partial charge in [-0.15, -0.1) is 0 Å². The minimum Gasteiger partial charge on any atom is -0.370 e. The number of aliphatic imine (C=N–C) groups is 1. The Balaban J connectivity index is 2.50. The molecule has 0 fully saturated rings. The van der Waals surface area contributed by atoms with E-state index in [9.17, 15) is 4.79 Å². The number of unbranched alkanes of at least 4 members (excludes halogenated alkanes) is 3. The third-order valence-electron chi connectivity index (χ3n) is 5.66. The summed E-state index contributed by atoms with van der Waals surface area (Å²) in [7, 11) is 0. The van der Waals surface area contributed by atoms with Gasteiger partial charge in [0.2, 0.25) is 0 Å². The lowest BCUT2D eigenvalue weighted by Gasteiger charge is -2.27. The number of guanidine groups is 1. The minimum absolute atomic E-state index is 0.0569. The topological polar surface area (TPSA) is 148 Å². The molecular formula is C21H41N7O. The third-order valence-corrected chi connectivity index (χ3v) is 5.66. The highest BCUT2D eigenvalue weighted by Gasteiger charge is 2.33. The zero-order valence-electron chi connectivity index (χ0n) is 18.6. The predicted molar refractivity (Wildman–Crippen MR) is 120 cm³/mol. The third kappa shape index (κ3) is 9.41. The number of hydrogen-bond donors (Lipinski definition) is 5. The Labute approximate surface area is 175 Å². The Morgan fingerprint density at radius 1 is 1.21 bits per heavy atom. The van der Waals surface area contributed by atoms with Crippen molar-refractivity contribution in [2.45, 2.75) is 96.2 Å². The Morgan fingerprint density at radius 3 is 2.48 bits per heavy atom. The van der Waals surface area contributed by atoms with E-state index in [1.807, 2.05) is 6.92 Å². The largest absolute Gasteiger partial charge is 0.370 e. The molecule has 1 heterocycles. The number of H-pyrrole nitrogens is 1. The molecule has 0 radical (unpaired) electrons. The van der Waals surface area contributed by atoms with Crippen molar-refractivity contribution >= 4 is 11.7 Å². The Bertz CT molecular complexity index is 623. The fraction of sp³-hybridized carbons (Fsp3) is 0.762. The number of nitrogens with one attached hydrogen (secondary N) is 2. The molecule has 8 nitrogen and oxygen atoms in total. The van der Waals surface area contributed by atoms with Gasteiger partial charge in [-0.05, 0) is 39.5 Å². The highest BCUT2D eigenvalue weighted by atomic mass is 16.1. The molecule has 0 aromatic carbocycles. The first-order valence-corrected chi connectivity index (χ1v) is 10.8. The van der Waals surface area contributed by atoms with Crippen LogP contribution in [0.25, 0.3) is 0 Å². The second-order valence-electron chi connectivity index (χ2n) is 8.55. The van der Waals surface area contributed by atoms with Crippen LogP contribution in [0.2, 0.25) is 0 Å². The molecule has 3 unspecified atom stereocenters. The number of nitrogens with zero attached hydrogens (tertiary/aromatic N) is 2. The summed E-state index contributed by atoms with van der Waals surface area (Å²) < 4.78 is 0. The van der Waals surface area contributed by atoms with Crippen molar-refractivity contribution in [3.05, 3.63) is 18.2 Å². The predicted octanol–water partition coefficient (Wildman–Crippen LogP) is 2.00. The van der Waals surface area contributed by atoms with Crippen molar-refractivity contribution in [3.8, 4) is 0 Å². The molecule has 0 aliphatic heterocycles. The minimum atomic E-state index is -0.923. The summed E-state index contributed by atoms with van der Waals surface area (Å²) >= 11 is 0. The van der Waals surface area contributed by atoms with E-state index in [0.717, 1.165) is 44.2 Å². The van der Waals surface area contributed by atoms with Gasteiger partial charge in [-0.1, -0.05) is 33.1 Å². The number of carbonyl (C=O) groups excluding carboxylic acids is 1. The van der Waals surface area contributed by atoms with Crippen LogP contribution in [0, 0.1) is 0 Å². The maximum Gasteiger partial charge on any atom is 0.189 e. The van der Waals surface area contributed by atoms with Gasteiger partial charge >= 0.3 is 0 Å². The van der Waals surface area contributed by atoms with Crippen molar-refractivity contribution in [3.63, 3.8) is 0 Å². The van der Waals surface area contributed by atoms with Gasteiger partial charge in [0.05, 0.1) is 17.9 Å². The summed E-state index contributed by atoms with van der Waals surface area (Å²) in [6, 6.07) is -0.551. The average Bonchev–Trinajstić information content (AvgIpc) is 3.19. The molecule has 166 valence electrons. The van der Waals surface area contributed by atoms with Gasteiger partial charge in [0.1, 0.15) is 0 Å². The van der Waals surface area contributed by atoms with Crippen LogP contribution in [0.3, 0.4) is 0 Å². The van der Waals surface area contributed by atoms with Crippen molar-refractivity contribution < 1.29 is 4.79 Å². The summed E-state index contributed by atoms with van der Waals surface area (Å²) in [5.74, 6) is 0.184. The maximum atomic E-state index is 12.9. The lowest BCUT2D eigenvalue weighted by atomic mass is 9.88. The van der Waals surface area contributed by atoms with Gasteiger partial charge < -0.3 is 27.5 Å². The molecule has 0 spiro atoms. The second kappa shape index (κ2) is 11.9. The molecule has 1 rings (SSSR count). The molecule has 29 heavy (non-hydrogen) atoms. The summed E-state index contributed by atoms with van der Waals surface area (Å²) in [5.41, 5.74) is 18.2. The Morgan fingerprint density at radius 2 is 1.90 bits per heavy atom. The first kappa shape index (κ1) is 25.1. The normalized spacial score (nSPS) is 17.4. The molecule has 0 amide bonds. The zero-order valence-corrected chi connectivity index (χ0v) is 18.6. The molecule has 0 aliphatic carbocycles. The van der Waals surface area contributed by atoms with E-state index in [0.29, 0.717) is 19.4 Å². The number of hydrogen-bond acceptors (Lipinski definition) is 5. The monoisotopic (exact) mass is 407 g/mol. The van der Waals surface area contributed by atoms with Crippen molar-refractivity contribution in [2.24, 2.45) is 22.2 Å². The standard InChI is InChI=1S/C21H41N7O/c1-5-20(3,23)11-9-7-8-10-12-26-19(22)28-17(13-16-14-25-15-27-16)18(29)21(4,24)6-2/h14-15,17H,5-13,23-24H2,1-4H3,(H,25,27)(H3,22,26,28). The molecule has 3 atom stereocenters. The lowest BCUT2D eigenvalue weighted by molar-refractivity contribution is -0.125. The number of aromatic nitrogens is 2. The van der Waals surface area contributed by atoms with Crippen molar-refractivity contribution in [1.29, 1.82) is 0 Å². The number of nitrogens with two attached hydrogens (primary N) is 3. The van der Waals surface area contributed by atoms with Gasteiger partial charge in [0.15, 0.2) is 11.7 Å². The molecule has 1 aromatic rings. The highest BCUT2D eigenvalue weighted by Crippen LogP contribution is 2.16. The van der Waals surface area contributed by atoms with Gasteiger partial charge in [-0.3, -0.25) is 9.79 Å². The van der Waals surface area contributed by atoms with E-state index in [1.165, 1.54) is 0 Å². The molecule has 0 aliphatic rings. The van der Waals surface area contributed by atoms with E-state index in [1.54, 1.807) is 19.4 Å². The van der Waals surface area contributed by atoms with Crippen molar-refractivity contribution in [2.75, 3.05) is 6.54 Å². The zero-order chi connectivity index (χ0) is 21.9. The van der Waals surface area contributed by atoms with E-state index in [-0.39, 0.29) is 17.3 Å². The molecule has 1 aromatic heterocycles. The molecule has 0 bridgehead atoms. The average molecular weight is 408 g/mol. The first-order valence-electron chi connectivity index (χ1n) is 10.8. The van der Waals surface area contributed by atoms with E-state index in [4.69, 9.17) is 17.2 Å². The number of imidazole rings is 1. The fourth-order valence-electron chi connectivity index (χ4n) is 2.99. The van der Waals surface area contributed by atoms with Gasteiger partial charge in [0.25, 0.3) is 0 Å². The number of aromatic amines is 1. The lowest BCUT2D eigenvalue weighted by Crippen LogP contribution is -2.57. The van der Waals surface area contributed by atoms with E-state index < -0.39 is 11.6 Å². The van der Waals surface area contributed by atoms with Crippen LogP contribution in [0.4, 0.5) is 0 Å². The van der Waals surface area contributed by atoms with Crippen molar-refractivity contribution in [1.82, 2.24) is 15.3 Å². The number of Topliss-reactive ketones (excluding diaryl/α,β-unsaturated/α-hetero) is 1. The Kier molecular flexibility index (Phi) is 10.3. The molecule has 0 saturated carbocycles. The number of ketones is 1. The van der Waals surface area contributed by atoms with Crippen LogP contribution < -0.4 is 22.5 Å². The van der Waals surface area contributed by atoms with Crippen LogP contribution in [0.15, 0.2) is 17.5 Å². The molecule has 8 N–H and O–H groups in total. The van der Waals surface area contributed by atoms with E-state index >= 15 is 0 Å². The highest BCUT2D eigenvalue weighted by molar-refractivity contribution is 5.95.